The van der Waals surface area contributed by atoms with E-state index in [-0.39, 0.29) is 4.90 Å². The summed E-state index contributed by atoms with van der Waals surface area (Å²) in [5.41, 5.74) is 5.52. The summed E-state index contributed by atoms with van der Waals surface area (Å²) in [4.78, 5) is 12.7. The van der Waals surface area contributed by atoms with E-state index in [0.29, 0.717) is 11.4 Å². The Morgan fingerprint density at radius 1 is 1.00 bits per heavy atom. The number of carbonyl (C=O) groups excluding carboxylic acids is 1. The van der Waals surface area contributed by atoms with E-state index in [2.05, 4.69) is 10.5 Å². The minimum atomic E-state index is -3.96. The van der Waals surface area contributed by atoms with Gasteiger partial charge in [0.05, 0.1) is 23.9 Å². The Morgan fingerprint density at radius 2 is 1.69 bits per heavy atom. The average Bonchev–Trinajstić information content (AvgIpc) is 2.80. The van der Waals surface area contributed by atoms with Crippen molar-refractivity contribution in [2.24, 2.45) is 5.10 Å². The molecule has 8 heteroatoms. The first-order valence-corrected chi connectivity index (χ1v) is 11.4. The maximum Gasteiger partial charge on any atom is 0.264 e. The zero-order chi connectivity index (χ0) is 23.1. The van der Waals surface area contributed by atoms with Crippen LogP contribution in [0.25, 0.3) is 0 Å². The van der Waals surface area contributed by atoms with E-state index in [1.54, 1.807) is 61.7 Å². The fourth-order valence-electron chi connectivity index (χ4n) is 2.95. The van der Waals surface area contributed by atoms with Crippen molar-refractivity contribution < 1.29 is 17.9 Å². The molecule has 3 aromatic rings. The molecule has 3 aromatic carbocycles. The van der Waals surface area contributed by atoms with E-state index in [0.717, 1.165) is 21.0 Å². The molecule has 0 bridgehead atoms. The molecule has 0 atom stereocenters. The summed E-state index contributed by atoms with van der Waals surface area (Å²) < 4.78 is 32.8. The van der Waals surface area contributed by atoms with E-state index in [9.17, 15) is 13.2 Å². The number of rotatable bonds is 8. The second-order valence-corrected chi connectivity index (χ2v) is 9.02. The maximum absolute atomic E-state index is 13.3. The van der Waals surface area contributed by atoms with Crippen molar-refractivity contribution in [3.05, 3.63) is 89.5 Å². The Bertz CT molecular complexity index is 1210. The van der Waals surface area contributed by atoms with Gasteiger partial charge in [0.25, 0.3) is 15.9 Å². The SMILES string of the molecule is COc1ccc(/C=N\NC(=O)CN(c2ccc(C)c(C)c2)S(=O)(=O)c2ccccc2)cc1. The van der Waals surface area contributed by atoms with Crippen LogP contribution in [0.5, 0.6) is 5.75 Å². The smallest absolute Gasteiger partial charge is 0.264 e. The molecule has 0 aliphatic rings. The molecule has 0 unspecified atom stereocenters. The highest BCUT2D eigenvalue weighted by atomic mass is 32.2. The Labute approximate surface area is 188 Å². The number of nitrogens with one attached hydrogen (secondary N) is 1. The number of sulfonamides is 1. The largest absolute Gasteiger partial charge is 0.497 e. The predicted octanol–water partition coefficient (Wildman–Crippen LogP) is 3.66. The molecule has 0 saturated heterocycles. The fraction of sp³-hybridized carbons (Fsp3) is 0.167. The van der Waals surface area contributed by atoms with Gasteiger partial charge in [0.2, 0.25) is 0 Å². The first-order valence-electron chi connectivity index (χ1n) is 9.92. The lowest BCUT2D eigenvalue weighted by molar-refractivity contribution is -0.119. The molecular formula is C24H25N3O4S. The average molecular weight is 452 g/mol. The van der Waals surface area contributed by atoms with Gasteiger partial charge in [-0.25, -0.2) is 13.8 Å². The Balaban J connectivity index is 1.82. The maximum atomic E-state index is 13.3. The second kappa shape index (κ2) is 10.1. The van der Waals surface area contributed by atoms with Crippen LogP contribution in [0.3, 0.4) is 0 Å². The fourth-order valence-corrected chi connectivity index (χ4v) is 4.38. The molecular weight excluding hydrogens is 426 g/mol. The Kier molecular flexibility index (Phi) is 7.27. The lowest BCUT2D eigenvalue weighted by Gasteiger charge is -2.24. The number of hydrazone groups is 1. The molecule has 166 valence electrons. The molecule has 0 aliphatic carbocycles. The highest BCUT2D eigenvalue weighted by Crippen LogP contribution is 2.25. The van der Waals surface area contributed by atoms with Crippen molar-refractivity contribution in [2.75, 3.05) is 18.0 Å². The third-order valence-electron chi connectivity index (χ3n) is 4.92. The molecule has 0 heterocycles. The van der Waals surface area contributed by atoms with Crippen molar-refractivity contribution >= 4 is 27.8 Å². The highest BCUT2D eigenvalue weighted by molar-refractivity contribution is 7.92. The molecule has 7 nitrogen and oxygen atoms in total. The van der Waals surface area contributed by atoms with Crippen LogP contribution in [0.2, 0.25) is 0 Å². The van der Waals surface area contributed by atoms with Gasteiger partial charge < -0.3 is 4.74 Å². The summed E-state index contributed by atoms with van der Waals surface area (Å²) in [6.07, 6.45) is 1.48. The van der Waals surface area contributed by atoms with E-state index in [1.165, 1.54) is 18.3 Å². The number of hydrogen-bond acceptors (Lipinski definition) is 5. The molecule has 0 aromatic heterocycles. The van der Waals surface area contributed by atoms with E-state index in [1.807, 2.05) is 19.9 Å². The van der Waals surface area contributed by atoms with E-state index in [4.69, 9.17) is 4.74 Å². The predicted molar refractivity (Wildman–Crippen MR) is 126 cm³/mol. The van der Waals surface area contributed by atoms with Crippen molar-refractivity contribution in [1.82, 2.24) is 5.43 Å². The van der Waals surface area contributed by atoms with Crippen LogP contribution in [0, 0.1) is 13.8 Å². The zero-order valence-electron chi connectivity index (χ0n) is 18.1. The first-order chi connectivity index (χ1) is 15.3. The summed E-state index contributed by atoms with van der Waals surface area (Å²) in [7, 11) is -2.38. The quantitative estimate of drug-likeness (QED) is 0.418. The number of ether oxygens (including phenoxy) is 1. The lowest BCUT2D eigenvalue weighted by Crippen LogP contribution is -2.39. The summed E-state index contributed by atoms with van der Waals surface area (Å²) in [5, 5.41) is 3.94. The molecule has 32 heavy (non-hydrogen) atoms. The monoisotopic (exact) mass is 451 g/mol. The number of benzene rings is 3. The van der Waals surface area contributed by atoms with Crippen LogP contribution in [-0.4, -0.2) is 34.2 Å². The van der Waals surface area contributed by atoms with Crippen LogP contribution in [0.1, 0.15) is 16.7 Å². The number of amides is 1. The van der Waals surface area contributed by atoms with Gasteiger partial charge in [-0.05, 0) is 79.1 Å². The summed E-state index contributed by atoms with van der Waals surface area (Å²) in [6.45, 7) is 3.42. The van der Waals surface area contributed by atoms with Crippen LogP contribution in [-0.2, 0) is 14.8 Å². The molecule has 0 saturated carbocycles. The van der Waals surface area contributed by atoms with Crippen molar-refractivity contribution in [1.29, 1.82) is 0 Å². The van der Waals surface area contributed by atoms with Crippen LogP contribution >= 0.6 is 0 Å². The normalized spacial score (nSPS) is 11.3. The summed E-state index contributed by atoms with van der Waals surface area (Å²) in [6, 6.07) is 20.4. The summed E-state index contributed by atoms with van der Waals surface area (Å²) in [5.74, 6) is 0.147. The molecule has 1 amide bonds. The first kappa shape index (κ1) is 23.0. The van der Waals surface area contributed by atoms with Gasteiger partial charge in [0.1, 0.15) is 12.3 Å². The van der Waals surface area contributed by atoms with Gasteiger partial charge in [-0.3, -0.25) is 9.10 Å². The van der Waals surface area contributed by atoms with Gasteiger partial charge in [0.15, 0.2) is 0 Å². The molecule has 0 radical (unpaired) electrons. The molecule has 1 N–H and O–H groups in total. The number of aryl methyl sites for hydroxylation is 2. The molecule has 0 fully saturated rings. The Morgan fingerprint density at radius 3 is 2.31 bits per heavy atom. The van der Waals surface area contributed by atoms with E-state index < -0.39 is 22.5 Å². The van der Waals surface area contributed by atoms with Crippen LogP contribution < -0.4 is 14.5 Å². The third-order valence-corrected chi connectivity index (χ3v) is 6.70. The molecule has 0 aliphatic heterocycles. The minimum Gasteiger partial charge on any atom is -0.497 e. The molecule has 3 rings (SSSR count). The molecule has 0 spiro atoms. The summed E-state index contributed by atoms with van der Waals surface area (Å²) >= 11 is 0. The topological polar surface area (TPSA) is 88.1 Å². The second-order valence-electron chi connectivity index (χ2n) is 7.16. The van der Waals surface area contributed by atoms with Crippen molar-refractivity contribution in [3.8, 4) is 5.75 Å². The Hall–Kier alpha value is -3.65. The van der Waals surface area contributed by atoms with Gasteiger partial charge in [-0.15, -0.1) is 0 Å². The van der Waals surface area contributed by atoms with Gasteiger partial charge >= 0.3 is 0 Å². The number of anilines is 1. The number of carbonyl (C=O) groups is 1. The third kappa shape index (κ3) is 5.53. The minimum absolute atomic E-state index is 0.104. The number of hydrogen-bond donors (Lipinski definition) is 1. The lowest BCUT2D eigenvalue weighted by atomic mass is 10.1. The standard InChI is InChI=1S/C24H25N3O4S/c1-18-9-12-21(15-19(18)2)27(32(29,30)23-7-5-4-6-8-23)17-24(28)26-25-16-20-10-13-22(31-3)14-11-20/h4-16H,17H2,1-3H3,(H,26,28)/b25-16-. The van der Waals surface area contributed by atoms with Crippen molar-refractivity contribution in [2.45, 2.75) is 18.7 Å². The van der Waals surface area contributed by atoms with Gasteiger partial charge in [-0.2, -0.15) is 5.10 Å². The zero-order valence-corrected chi connectivity index (χ0v) is 19.0. The van der Waals surface area contributed by atoms with Gasteiger partial charge in [0, 0.05) is 0 Å². The van der Waals surface area contributed by atoms with Crippen LogP contribution in [0.15, 0.2) is 82.8 Å². The highest BCUT2D eigenvalue weighted by Gasteiger charge is 2.27. The number of nitrogens with zero attached hydrogens (tertiary/aromatic N) is 2. The van der Waals surface area contributed by atoms with Crippen LogP contribution in [0.4, 0.5) is 5.69 Å². The van der Waals surface area contributed by atoms with Crippen molar-refractivity contribution in [3.63, 3.8) is 0 Å². The number of methoxy groups -OCH3 is 1. The van der Waals surface area contributed by atoms with E-state index >= 15 is 0 Å². The van der Waals surface area contributed by atoms with Gasteiger partial charge in [-0.1, -0.05) is 24.3 Å².